The van der Waals surface area contributed by atoms with E-state index in [9.17, 15) is 4.79 Å². The van der Waals surface area contributed by atoms with Gasteiger partial charge < -0.3 is 4.74 Å². The molecule has 0 radical (unpaired) electrons. The minimum absolute atomic E-state index is 0.0153. The highest BCUT2D eigenvalue weighted by molar-refractivity contribution is 7.99. The van der Waals surface area contributed by atoms with E-state index in [2.05, 4.69) is 9.97 Å². The number of carbonyl (C=O) groups is 1. The molecule has 1 aromatic carbocycles. The summed E-state index contributed by atoms with van der Waals surface area (Å²) < 4.78 is 5.45. The Labute approximate surface area is 116 Å². The van der Waals surface area contributed by atoms with Crippen LogP contribution in [0.3, 0.4) is 0 Å². The van der Waals surface area contributed by atoms with Crippen molar-refractivity contribution in [3.8, 4) is 5.75 Å². The van der Waals surface area contributed by atoms with Gasteiger partial charge in [0, 0.05) is 12.4 Å². The standard InChI is InChI=1S/C14H14N2O2S/c1-2-18-13-7-4-3-6-11(13)12(17)10-19-14-15-8-5-9-16-14/h3-9H,2,10H2,1H3. The van der Waals surface area contributed by atoms with Gasteiger partial charge in [0.2, 0.25) is 0 Å². The van der Waals surface area contributed by atoms with Gasteiger partial charge >= 0.3 is 0 Å². The van der Waals surface area contributed by atoms with Crippen LogP contribution in [-0.4, -0.2) is 28.1 Å². The number of ether oxygens (including phenoxy) is 1. The zero-order valence-corrected chi connectivity index (χ0v) is 11.4. The van der Waals surface area contributed by atoms with Crippen LogP contribution in [0.1, 0.15) is 17.3 Å². The number of hydrogen-bond donors (Lipinski definition) is 0. The van der Waals surface area contributed by atoms with Crippen molar-refractivity contribution in [1.29, 1.82) is 0 Å². The molecule has 19 heavy (non-hydrogen) atoms. The molecule has 0 bridgehead atoms. The number of rotatable bonds is 6. The van der Waals surface area contributed by atoms with Gasteiger partial charge in [0.25, 0.3) is 0 Å². The van der Waals surface area contributed by atoms with Gasteiger partial charge in [0.15, 0.2) is 10.9 Å². The minimum atomic E-state index is 0.0153. The van der Waals surface area contributed by atoms with Gasteiger partial charge in [0.05, 0.1) is 17.9 Å². The topological polar surface area (TPSA) is 52.1 Å². The molecule has 4 nitrogen and oxygen atoms in total. The van der Waals surface area contributed by atoms with E-state index in [0.717, 1.165) is 0 Å². The number of para-hydroxylation sites is 1. The van der Waals surface area contributed by atoms with E-state index < -0.39 is 0 Å². The van der Waals surface area contributed by atoms with Crippen molar-refractivity contribution in [1.82, 2.24) is 9.97 Å². The van der Waals surface area contributed by atoms with Gasteiger partial charge in [-0.3, -0.25) is 4.79 Å². The van der Waals surface area contributed by atoms with Gasteiger partial charge in [-0.05, 0) is 25.1 Å². The lowest BCUT2D eigenvalue weighted by molar-refractivity contribution is 0.101. The fraction of sp³-hybridized carbons (Fsp3) is 0.214. The first-order chi connectivity index (χ1) is 9.31. The summed E-state index contributed by atoms with van der Waals surface area (Å²) in [7, 11) is 0. The van der Waals surface area contributed by atoms with E-state index in [1.165, 1.54) is 11.8 Å². The highest BCUT2D eigenvalue weighted by Crippen LogP contribution is 2.21. The molecule has 0 aliphatic carbocycles. The Kier molecular flexibility index (Phi) is 4.92. The molecule has 0 N–H and O–H groups in total. The molecule has 0 aliphatic rings. The molecule has 0 atom stereocenters. The number of ketones is 1. The molecule has 0 aliphatic heterocycles. The average molecular weight is 274 g/mol. The van der Waals surface area contributed by atoms with Crippen LogP contribution in [0, 0.1) is 0 Å². The molecule has 1 aromatic heterocycles. The molecule has 0 fully saturated rings. The molecule has 0 spiro atoms. The molecule has 98 valence electrons. The maximum atomic E-state index is 12.2. The van der Waals surface area contributed by atoms with Gasteiger partial charge in [-0.1, -0.05) is 23.9 Å². The lowest BCUT2D eigenvalue weighted by atomic mass is 10.1. The van der Waals surface area contributed by atoms with E-state index in [0.29, 0.717) is 28.8 Å². The molecule has 2 rings (SSSR count). The maximum absolute atomic E-state index is 12.2. The maximum Gasteiger partial charge on any atom is 0.187 e. The summed E-state index contributed by atoms with van der Waals surface area (Å²) in [5, 5.41) is 0.602. The second-order valence-electron chi connectivity index (χ2n) is 3.67. The molecular formula is C14H14N2O2S. The number of benzene rings is 1. The zero-order chi connectivity index (χ0) is 13.5. The summed E-state index contributed by atoms with van der Waals surface area (Å²) in [6, 6.07) is 9.02. The van der Waals surface area contributed by atoms with E-state index >= 15 is 0 Å². The van der Waals surface area contributed by atoms with Crippen LogP contribution in [-0.2, 0) is 0 Å². The summed E-state index contributed by atoms with van der Waals surface area (Å²) in [5.41, 5.74) is 0.604. The Balaban J connectivity index is 2.04. The number of Topliss-reactive ketones (excluding diaryl/α,β-unsaturated/α-hetero) is 1. The second-order valence-corrected chi connectivity index (χ2v) is 4.61. The summed E-state index contributed by atoms with van der Waals surface area (Å²) in [4.78, 5) is 20.3. The third-order valence-corrected chi connectivity index (χ3v) is 3.24. The van der Waals surface area contributed by atoms with E-state index in [1.807, 2.05) is 19.1 Å². The largest absolute Gasteiger partial charge is 0.493 e. The van der Waals surface area contributed by atoms with Crippen molar-refractivity contribution >= 4 is 17.5 Å². The normalized spacial score (nSPS) is 10.2. The van der Waals surface area contributed by atoms with Crippen LogP contribution >= 0.6 is 11.8 Å². The van der Waals surface area contributed by atoms with Crippen molar-refractivity contribution < 1.29 is 9.53 Å². The summed E-state index contributed by atoms with van der Waals surface area (Å²) in [6.07, 6.45) is 3.32. The predicted octanol–water partition coefficient (Wildman–Crippen LogP) is 2.85. The van der Waals surface area contributed by atoms with Crippen molar-refractivity contribution in [2.24, 2.45) is 0 Å². The second kappa shape index (κ2) is 6.89. The fourth-order valence-electron chi connectivity index (χ4n) is 1.55. The molecule has 0 saturated heterocycles. The first-order valence-electron chi connectivity index (χ1n) is 5.96. The number of hydrogen-bond acceptors (Lipinski definition) is 5. The van der Waals surface area contributed by atoms with Crippen molar-refractivity contribution in [3.63, 3.8) is 0 Å². The molecule has 0 amide bonds. The first-order valence-corrected chi connectivity index (χ1v) is 6.94. The van der Waals surface area contributed by atoms with E-state index in [4.69, 9.17) is 4.74 Å². The van der Waals surface area contributed by atoms with Crippen LogP contribution in [0.4, 0.5) is 0 Å². The van der Waals surface area contributed by atoms with Gasteiger partial charge in [0.1, 0.15) is 5.75 Å². The van der Waals surface area contributed by atoms with Gasteiger partial charge in [-0.25, -0.2) is 9.97 Å². The Morgan fingerprint density at radius 3 is 2.68 bits per heavy atom. The quantitative estimate of drug-likeness (QED) is 0.460. The number of thioether (sulfide) groups is 1. The van der Waals surface area contributed by atoms with E-state index in [-0.39, 0.29) is 5.78 Å². The van der Waals surface area contributed by atoms with Crippen molar-refractivity contribution in [2.45, 2.75) is 12.1 Å². The molecule has 5 heteroatoms. The number of nitrogens with zero attached hydrogens (tertiary/aromatic N) is 2. The Bertz CT molecular complexity index is 546. The predicted molar refractivity (Wildman–Crippen MR) is 74.7 cm³/mol. The van der Waals surface area contributed by atoms with Crippen LogP contribution in [0.25, 0.3) is 0 Å². The van der Waals surface area contributed by atoms with Crippen LogP contribution < -0.4 is 4.74 Å². The first kappa shape index (κ1) is 13.5. The molecular weight excluding hydrogens is 260 g/mol. The third-order valence-electron chi connectivity index (χ3n) is 2.36. The lowest BCUT2D eigenvalue weighted by Crippen LogP contribution is -2.06. The minimum Gasteiger partial charge on any atom is -0.493 e. The Hall–Kier alpha value is -1.88. The Morgan fingerprint density at radius 1 is 1.21 bits per heavy atom. The molecule has 0 saturated carbocycles. The monoisotopic (exact) mass is 274 g/mol. The summed E-state index contributed by atoms with van der Waals surface area (Å²) >= 11 is 1.32. The molecule has 1 heterocycles. The summed E-state index contributed by atoms with van der Waals surface area (Å²) in [6.45, 7) is 2.44. The van der Waals surface area contributed by atoms with Crippen LogP contribution in [0.15, 0.2) is 47.9 Å². The Morgan fingerprint density at radius 2 is 1.95 bits per heavy atom. The zero-order valence-electron chi connectivity index (χ0n) is 10.6. The van der Waals surface area contributed by atoms with Crippen LogP contribution in [0.5, 0.6) is 5.75 Å². The molecule has 2 aromatic rings. The third kappa shape index (κ3) is 3.79. The summed E-state index contributed by atoms with van der Waals surface area (Å²) in [5.74, 6) is 0.944. The van der Waals surface area contributed by atoms with Crippen LogP contribution in [0.2, 0.25) is 0 Å². The van der Waals surface area contributed by atoms with Gasteiger partial charge in [-0.2, -0.15) is 0 Å². The number of aromatic nitrogens is 2. The van der Waals surface area contributed by atoms with Gasteiger partial charge in [-0.15, -0.1) is 0 Å². The lowest BCUT2D eigenvalue weighted by Gasteiger charge is -2.08. The SMILES string of the molecule is CCOc1ccccc1C(=O)CSc1ncccn1. The van der Waals surface area contributed by atoms with Crippen molar-refractivity contribution in [2.75, 3.05) is 12.4 Å². The van der Waals surface area contributed by atoms with Crippen molar-refractivity contribution in [3.05, 3.63) is 48.3 Å². The average Bonchev–Trinajstić information content (AvgIpc) is 2.47. The van der Waals surface area contributed by atoms with E-state index in [1.54, 1.807) is 30.6 Å². The fourth-order valence-corrected chi connectivity index (χ4v) is 2.23. The highest BCUT2D eigenvalue weighted by Gasteiger charge is 2.12. The highest BCUT2D eigenvalue weighted by atomic mass is 32.2. The molecule has 0 unspecified atom stereocenters. The smallest absolute Gasteiger partial charge is 0.187 e. The number of carbonyl (C=O) groups excluding carboxylic acids is 1.